The molecule has 0 radical (unpaired) electrons. The maximum absolute atomic E-state index is 12.2. The van der Waals surface area contributed by atoms with E-state index in [2.05, 4.69) is 0 Å². The lowest BCUT2D eigenvalue weighted by molar-refractivity contribution is -0.134. The highest BCUT2D eigenvalue weighted by molar-refractivity contribution is 5.76. The molecule has 1 fully saturated rings. The van der Waals surface area contributed by atoms with E-state index in [-0.39, 0.29) is 19.1 Å². The van der Waals surface area contributed by atoms with Crippen molar-refractivity contribution >= 4 is 5.91 Å². The van der Waals surface area contributed by atoms with Gasteiger partial charge in [0.1, 0.15) is 0 Å². The molecule has 0 aromatic carbocycles. The molecule has 1 aliphatic carbocycles. The first kappa shape index (κ1) is 13.4. The molecule has 1 saturated carbocycles. The summed E-state index contributed by atoms with van der Waals surface area (Å²) in [7, 11) is 0. The average molecular weight is 235 g/mol. The van der Waals surface area contributed by atoms with Gasteiger partial charge < -0.3 is 10.0 Å². The zero-order valence-corrected chi connectivity index (χ0v) is 9.37. The molecule has 0 saturated heterocycles. The smallest absolute Gasteiger partial charge is 0.255 e. The van der Waals surface area contributed by atoms with Crippen LogP contribution in [0, 0.1) is 5.92 Å². The van der Waals surface area contributed by atoms with Gasteiger partial charge in [-0.2, -0.15) is 0 Å². The molecule has 0 bridgehead atoms. The quantitative estimate of drug-likeness (QED) is 0.760. The molecule has 1 N–H and O–H groups in total. The highest BCUT2D eigenvalue weighted by atomic mass is 19.3. The van der Waals surface area contributed by atoms with Crippen LogP contribution >= 0.6 is 0 Å². The van der Waals surface area contributed by atoms with Gasteiger partial charge in [-0.25, -0.2) is 8.78 Å². The molecule has 3 nitrogen and oxygen atoms in total. The van der Waals surface area contributed by atoms with Crippen molar-refractivity contribution in [3.05, 3.63) is 0 Å². The third-order valence-electron chi connectivity index (χ3n) is 3.02. The predicted molar refractivity (Wildman–Crippen MR) is 56.2 cm³/mol. The summed E-state index contributed by atoms with van der Waals surface area (Å²) in [5.74, 6) is 0.104. The molecule has 0 spiro atoms. The van der Waals surface area contributed by atoms with E-state index in [0.29, 0.717) is 12.3 Å². The van der Waals surface area contributed by atoms with Crippen molar-refractivity contribution in [1.29, 1.82) is 0 Å². The molecule has 0 atom stereocenters. The van der Waals surface area contributed by atoms with Crippen LogP contribution in [0.2, 0.25) is 0 Å². The molecule has 0 unspecified atom stereocenters. The van der Waals surface area contributed by atoms with Crippen molar-refractivity contribution in [2.45, 2.75) is 38.5 Å². The molecule has 0 aliphatic heterocycles. The second kappa shape index (κ2) is 6.78. The lowest BCUT2D eigenvalue weighted by Crippen LogP contribution is -2.37. The third-order valence-corrected chi connectivity index (χ3v) is 3.02. The summed E-state index contributed by atoms with van der Waals surface area (Å²) in [4.78, 5) is 12.8. The fourth-order valence-corrected chi connectivity index (χ4v) is 2.20. The zero-order chi connectivity index (χ0) is 12.0. The Bertz CT molecular complexity index is 218. The number of alkyl halides is 2. The van der Waals surface area contributed by atoms with Gasteiger partial charge in [0, 0.05) is 13.0 Å². The number of amides is 1. The van der Waals surface area contributed by atoms with Gasteiger partial charge in [0.15, 0.2) is 0 Å². The van der Waals surface area contributed by atoms with Crippen LogP contribution in [0.3, 0.4) is 0 Å². The van der Waals surface area contributed by atoms with Crippen LogP contribution in [-0.2, 0) is 4.79 Å². The summed E-state index contributed by atoms with van der Waals surface area (Å²) in [6, 6.07) is 0. The van der Waals surface area contributed by atoms with Crippen LogP contribution < -0.4 is 0 Å². The van der Waals surface area contributed by atoms with E-state index in [0.717, 1.165) is 30.6 Å². The van der Waals surface area contributed by atoms with Crippen LogP contribution in [0.15, 0.2) is 0 Å². The number of rotatable bonds is 6. The minimum Gasteiger partial charge on any atom is -0.395 e. The van der Waals surface area contributed by atoms with Crippen LogP contribution in [0.4, 0.5) is 8.78 Å². The molecule has 1 aliphatic rings. The Morgan fingerprint density at radius 1 is 1.38 bits per heavy atom. The largest absolute Gasteiger partial charge is 0.395 e. The SMILES string of the molecule is O=C(CC1CCCC1)N(CCO)CC(F)F. The van der Waals surface area contributed by atoms with Gasteiger partial charge >= 0.3 is 0 Å². The monoisotopic (exact) mass is 235 g/mol. The summed E-state index contributed by atoms with van der Waals surface area (Å²) >= 11 is 0. The number of carbonyl (C=O) groups is 1. The van der Waals surface area contributed by atoms with E-state index in [1.165, 1.54) is 0 Å². The molecule has 1 rings (SSSR count). The zero-order valence-electron chi connectivity index (χ0n) is 9.37. The Morgan fingerprint density at radius 3 is 2.50 bits per heavy atom. The molecule has 5 heteroatoms. The maximum atomic E-state index is 12.2. The number of aliphatic hydroxyl groups excluding tert-OH is 1. The van der Waals surface area contributed by atoms with Gasteiger partial charge in [0.2, 0.25) is 5.91 Å². The summed E-state index contributed by atoms with van der Waals surface area (Å²) in [5, 5.41) is 8.72. The van der Waals surface area contributed by atoms with E-state index >= 15 is 0 Å². The molecule has 0 aromatic rings. The predicted octanol–water partition coefficient (Wildman–Crippen LogP) is 1.65. The molecule has 16 heavy (non-hydrogen) atoms. The number of aliphatic hydroxyl groups is 1. The highest BCUT2D eigenvalue weighted by Gasteiger charge is 2.23. The van der Waals surface area contributed by atoms with Crippen molar-refractivity contribution in [1.82, 2.24) is 4.90 Å². The van der Waals surface area contributed by atoms with E-state index in [9.17, 15) is 13.6 Å². The minimum absolute atomic E-state index is 0.00981. The summed E-state index contributed by atoms with van der Waals surface area (Å²) in [6.45, 7) is -0.814. The number of hydrogen-bond acceptors (Lipinski definition) is 2. The molecule has 1 amide bonds. The Kier molecular flexibility index (Phi) is 5.66. The summed E-state index contributed by atoms with van der Waals surface area (Å²) in [5.41, 5.74) is 0. The normalized spacial score (nSPS) is 17.0. The second-order valence-electron chi connectivity index (χ2n) is 4.31. The Morgan fingerprint density at radius 2 is 2.00 bits per heavy atom. The molecule has 94 valence electrons. The van der Waals surface area contributed by atoms with Gasteiger partial charge in [0.25, 0.3) is 6.43 Å². The fourth-order valence-electron chi connectivity index (χ4n) is 2.20. The molecular formula is C11H19F2NO2. The lowest BCUT2D eigenvalue weighted by atomic mass is 10.0. The van der Waals surface area contributed by atoms with Crippen LogP contribution in [0.25, 0.3) is 0 Å². The van der Waals surface area contributed by atoms with Crippen molar-refractivity contribution in [3.8, 4) is 0 Å². The first-order valence-corrected chi connectivity index (χ1v) is 5.80. The molecular weight excluding hydrogens is 216 g/mol. The standard InChI is InChI=1S/C11H19F2NO2/c12-10(13)8-14(5-6-15)11(16)7-9-3-1-2-4-9/h9-10,15H,1-8H2. The van der Waals surface area contributed by atoms with Crippen LogP contribution in [0.5, 0.6) is 0 Å². The van der Waals surface area contributed by atoms with Gasteiger partial charge in [-0.05, 0) is 18.8 Å². The lowest BCUT2D eigenvalue weighted by Gasteiger charge is -2.22. The van der Waals surface area contributed by atoms with Gasteiger partial charge in [0.05, 0.1) is 13.2 Å². The van der Waals surface area contributed by atoms with Gasteiger partial charge in [-0.3, -0.25) is 4.79 Å². The average Bonchev–Trinajstić information content (AvgIpc) is 2.69. The number of carbonyl (C=O) groups excluding carboxylic acids is 1. The maximum Gasteiger partial charge on any atom is 0.255 e. The second-order valence-corrected chi connectivity index (χ2v) is 4.31. The molecule has 0 aromatic heterocycles. The third kappa shape index (κ3) is 4.43. The topological polar surface area (TPSA) is 40.5 Å². The number of hydrogen-bond donors (Lipinski definition) is 1. The summed E-state index contributed by atoms with van der Waals surface area (Å²) in [6.07, 6.45) is 2.13. The van der Waals surface area contributed by atoms with Gasteiger partial charge in [-0.15, -0.1) is 0 Å². The number of halogens is 2. The van der Waals surface area contributed by atoms with E-state index < -0.39 is 13.0 Å². The highest BCUT2D eigenvalue weighted by Crippen LogP contribution is 2.28. The number of nitrogens with zero attached hydrogens (tertiary/aromatic N) is 1. The van der Waals surface area contributed by atoms with E-state index in [1.54, 1.807) is 0 Å². The first-order valence-electron chi connectivity index (χ1n) is 5.80. The van der Waals surface area contributed by atoms with E-state index in [1.807, 2.05) is 0 Å². The molecule has 0 heterocycles. The van der Waals surface area contributed by atoms with Crippen molar-refractivity contribution < 1.29 is 18.7 Å². The minimum atomic E-state index is -2.53. The van der Waals surface area contributed by atoms with Crippen molar-refractivity contribution in [3.63, 3.8) is 0 Å². The van der Waals surface area contributed by atoms with Crippen molar-refractivity contribution in [2.24, 2.45) is 5.92 Å². The first-order chi connectivity index (χ1) is 7.63. The van der Waals surface area contributed by atoms with Crippen molar-refractivity contribution in [2.75, 3.05) is 19.7 Å². The van der Waals surface area contributed by atoms with E-state index in [4.69, 9.17) is 5.11 Å². The van der Waals surface area contributed by atoms with Crippen LogP contribution in [-0.4, -0.2) is 42.0 Å². The van der Waals surface area contributed by atoms with Gasteiger partial charge in [-0.1, -0.05) is 12.8 Å². The fraction of sp³-hybridized carbons (Fsp3) is 0.909. The Labute approximate surface area is 94.4 Å². The summed E-state index contributed by atoms with van der Waals surface area (Å²) < 4.78 is 24.4. The van der Waals surface area contributed by atoms with Crippen LogP contribution in [0.1, 0.15) is 32.1 Å². The Hall–Kier alpha value is -0.710. The Balaban J connectivity index is 2.39.